The molecule has 2 aliphatic rings. The number of rotatable bonds is 6. The first kappa shape index (κ1) is 24.8. The molecule has 3 aromatic rings. The molecule has 1 aromatic heterocycles. The van der Waals surface area contributed by atoms with Gasteiger partial charge in [0, 0.05) is 46.0 Å². The number of amides is 1. The maximum absolute atomic E-state index is 13.8. The van der Waals surface area contributed by atoms with Crippen LogP contribution in [-0.4, -0.2) is 30.0 Å². The van der Waals surface area contributed by atoms with Gasteiger partial charge in [0.15, 0.2) is 5.78 Å². The van der Waals surface area contributed by atoms with E-state index < -0.39 is 5.92 Å². The lowest BCUT2D eigenvalue weighted by Crippen LogP contribution is -2.37. The number of ether oxygens (including phenoxy) is 1. The van der Waals surface area contributed by atoms with Gasteiger partial charge in [0.2, 0.25) is 0 Å². The molecule has 7 heteroatoms. The van der Waals surface area contributed by atoms with Crippen molar-refractivity contribution < 1.29 is 14.3 Å². The topological polar surface area (TPSA) is 80.3 Å². The summed E-state index contributed by atoms with van der Waals surface area (Å²) in [5.74, 6) is 0.653. The van der Waals surface area contributed by atoms with Crippen LogP contribution >= 0.6 is 11.8 Å². The summed E-state index contributed by atoms with van der Waals surface area (Å²) in [6, 6.07) is 21.4. The Kier molecular flexibility index (Phi) is 7.15. The average Bonchev–Trinajstić information content (AvgIpc) is 2.92. The summed E-state index contributed by atoms with van der Waals surface area (Å²) in [5.41, 5.74) is 4.88. The third-order valence-corrected chi connectivity index (χ3v) is 7.76. The Hall–Kier alpha value is -3.84. The van der Waals surface area contributed by atoms with E-state index in [0.717, 1.165) is 33.2 Å². The average molecular weight is 512 g/mol. The molecule has 2 N–H and O–H groups in total. The van der Waals surface area contributed by atoms with Gasteiger partial charge in [-0.2, -0.15) is 0 Å². The molecule has 0 fully saturated rings. The molecular weight excluding hydrogens is 482 g/mol. The Morgan fingerprint density at radius 3 is 2.41 bits per heavy atom. The van der Waals surface area contributed by atoms with Crippen molar-refractivity contribution in [2.24, 2.45) is 0 Å². The van der Waals surface area contributed by atoms with Crippen LogP contribution in [0.2, 0.25) is 0 Å². The molecule has 2 atom stereocenters. The monoisotopic (exact) mass is 511 g/mol. The number of carbonyl (C=O) groups is 2. The molecule has 0 bridgehead atoms. The number of nitrogens with zero attached hydrogens (tertiary/aromatic N) is 1. The molecule has 6 nitrogen and oxygen atoms in total. The van der Waals surface area contributed by atoms with Gasteiger partial charge in [-0.05, 0) is 73.0 Å². The summed E-state index contributed by atoms with van der Waals surface area (Å²) < 4.78 is 5.30. The van der Waals surface area contributed by atoms with E-state index in [-0.39, 0.29) is 17.6 Å². The van der Waals surface area contributed by atoms with Crippen molar-refractivity contribution in [3.05, 3.63) is 107 Å². The van der Waals surface area contributed by atoms with Gasteiger partial charge in [0.25, 0.3) is 5.91 Å². The van der Waals surface area contributed by atoms with E-state index in [1.165, 1.54) is 0 Å². The van der Waals surface area contributed by atoms with Crippen molar-refractivity contribution in [2.75, 3.05) is 18.7 Å². The smallest absolute Gasteiger partial charge is 0.255 e. The predicted molar refractivity (Wildman–Crippen MR) is 147 cm³/mol. The molecule has 0 spiro atoms. The standard InChI is InChI=1S/C30H29N3O3S/c1-18-27(30(35)33-26-6-4-5-15-31-26)28(20-9-13-23(37-3)14-10-20)29-24(32-18)16-21(17-25(29)34)19-7-11-22(36-2)12-8-19/h4-15,21,28,32H,16-17H2,1-3H3,(H,31,33,35). The molecule has 0 radical (unpaired) electrons. The number of benzene rings is 2. The summed E-state index contributed by atoms with van der Waals surface area (Å²) in [4.78, 5) is 32.8. The van der Waals surface area contributed by atoms with Crippen molar-refractivity contribution in [3.8, 4) is 5.75 Å². The van der Waals surface area contributed by atoms with Crippen LogP contribution in [0.15, 0.2) is 100 Å². The largest absolute Gasteiger partial charge is 0.497 e. The van der Waals surface area contributed by atoms with E-state index in [4.69, 9.17) is 4.74 Å². The molecule has 0 saturated heterocycles. The number of methoxy groups -OCH3 is 1. The first-order chi connectivity index (χ1) is 18.0. The van der Waals surface area contributed by atoms with Crippen molar-refractivity contribution >= 4 is 29.3 Å². The summed E-state index contributed by atoms with van der Waals surface area (Å²) >= 11 is 1.66. The highest BCUT2D eigenvalue weighted by Crippen LogP contribution is 2.46. The molecule has 2 heterocycles. The first-order valence-corrected chi connectivity index (χ1v) is 13.4. The van der Waals surface area contributed by atoms with E-state index in [0.29, 0.717) is 29.8 Å². The number of carbonyl (C=O) groups excluding carboxylic acids is 2. The summed E-state index contributed by atoms with van der Waals surface area (Å²) in [7, 11) is 1.64. The lowest BCUT2D eigenvalue weighted by Gasteiger charge is -2.37. The highest BCUT2D eigenvalue weighted by molar-refractivity contribution is 7.98. The number of allylic oxidation sites excluding steroid dienone is 3. The number of nitrogens with one attached hydrogen (secondary N) is 2. The molecule has 37 heavy (non-hydrogen) atoms. The van der Waals surface area contributed by atoms with E-state index in [2.05, 4.69) is 15.6 Å². The highest BCUT2D eigenvalue weighted by atomic mass is 32.2. The third kappa shape index (κ3) is 5.04. The Balaban J connectivity index is 1.54. The van der Waals surface area contributed by atoms with Gasteiger partial charge in [-0.1, -0.05) is 30.3 Å². The van der Waals surface area contributed by atoms with Gasteiger partial charge < -0.3 is 15.4 Å². The number of hydrogen-bond acceptors (Lipinski definition) is 6. The maximum Gasteiger partial charge on any atom is 0.255 e. The van der Waals surface area contributed by atoms with E-state index >= 15 is 0 Å². The van der Waals surface area contributed by atoms with Gasteiger partial charge in [0.05, 0.1) is 7.11 Å². The van der Waals surface area contributed by atoms with E-state index in [1.54, 1.807) is 37.2 Å². The zero-order valence-electron chi connectivity index (χ0n) is 21.1. The second-order valence-corrected chi connectivity index (χ2v) is 10.1. The minimum atomic E-state index is -0.458. The van der Waals surface area contributed by atoms with Crippen LogP contribution in [0.1, 0.15) is 42.7 Å². The minimum Gasteiger partial charge on any atom is -0.497 e. The van der Waals surface area contributed by atoms with E-state index in [1.807, 2.05) is 67.8 Å². The van der Waals surface area contributed by atoms with Gasteiger partial charge in [-0.15, -0.1) is 11.8 Å². The summed E-state index contributed by atoms with van der Waals surface area (Å²) in [6.07, 6.45) is 4.75. The van der Waals surface area contributed by atoms with Crippen molar-refractivity contribution in [2.45, 2.75) is 36.5 Å². The highest BCUT2D eigenvalue weighted by Gasteiger charge is 2.41. The maximum atomic E-state index is 13.8. The summed E-state index contributed by atoms with van der Waals surface area (Å²) in [5, 5.41) is 6.36. The minimum absolute atomic E-state index is 0.0564. The summed E-state index contributed by atoms with van der Waals surface area (Å²) in [6.45, 7) is 1.90. The normalized spacial score (nSPS) is 19.3. The second kappa shape index (κ2) is 10.6. The molecule has 0 saturated carbocycles. The predicted octanol–water partition coefficient (Wildman–Crippen LogP) is 5.81. The fraction of sp³-hybridized carbons (Fsp3) is 0.233. The lowest BCUT2D eigenvalue weighted by molar-refractivity contribution is -0.116. The number of hydrogen-bond donors (Lipinski definition) is 2. The zero-order chi connectivity index (χ0) is 25.9. The number of ketones is 1. The molecule has 5 rings (SSSR count). The number of thioether (sulfide) groups is 1. The molecular formula is C30H29N3O3S. The molecule has 1 aliphatic heterocycles. The van der Waals surface area contributed by atoms with Crippen LogP contribution in [0.25, 0.3) is 0 Å². The van der Waals surface area contributed by atoms with Crippen LogP contribution in [0.5, 0.6) is 5.75 Å². The molecule has 2 aromatic carbocycles. The van der Waals surface area contributed by atoms with Crippen LogP contribution in [0.3, 0.4) is 0 Å². The molecule has 188 valence electrons. The van der Waals surface area contributed by atoms with Crippen molar-refractivity contribution in [1.82, 2.24) is 10.3 Å². The Morgan fingerprint density at radius 2 is 1.76 bits per heavy atom. The van der Waals surface area contributed by atoms with Crippen molar-refractivity contribution in [3.63, 3.8) is 0 Å². The van der Waals surface area contributed by atoms with Gasteiger partial charge in [-0.3, -0.25) is 9.59 Å². The Morgan fingerprint density at radius 1 is 1.03 bits per heavy atom. The SMILES string of the molecule is COc1ccc(C2CC(=O)C3=C(C2)NC(C)=C(C(=O)Nc2ccccn2)C3c2ccc(SC)cc2)cc1. The van der Waals surface area contributed by atoms with E-state index in [9.17, 15) is 9.59 Å². The number of Topliss-reactive ketones (excluding diaryl/α,β-unsaturated/α-hetero) is 1. The van der Waals surface area contributed by atoms with Crippen LogP contribution in [-0.2, 0) is 9.59 Å². The van der Waals surface area contributed by atoms with Gasteiger partial charge >= 0.3 is 0 Å². The Labute approximate surface area is 221 Å². The number of anilines is 1. The quantitative estimate of drug-likeness (QED) is 0.407. The van der Waals surface area contributed by atoms with Crippen LogP contribution in [0, 0.1) is 0 Å². The van der Waals surface area contributed by atoms with Crippen LogP contribution < -0.4 is 15.4 Å². The fourth-order valence-electron chi connectivity index (χ4n) is 5.20. The Bertz CT molecular complexity index is 1380. The van der Waals surface area contributed by atoms with Crippen molar-refractivity contribution in [1.29, 1.82) is 0 Å². The number of pyridine rings is 1. The fourth-order valence-corrected chi connectivity index (χ4v) is 5.61. The lowest BCUT2D eigenvalue weighted by atomic mass is 9.71. The first-order valence-electron chi connectivity index (χ1n) is 12.2. The van der Waals surface area contributed by atoms with Crippen LogP contribution in [0.4, 0.5) is 5.82 Å². The third-order valence-electron chi connectivity index (χ3n) is 7.02. The number of dihydropyridines is 1. The molecule has 1 amide bonds. The van der Waals surface area contributed by atoms with Gasteiger partial charge in [0.1, 0.15) is 11.6 Å². The number of aromatic nitrogens is 1. The zero-order valence-corrected chi connectivity index (χ0v) is 21.9. The molecule has 1 aliphatic carbocycles. The van der Waals surface area contributed by atoms with Gasteiger partial charge in [-0.25, -0.2) is 4.98 Å². The second-order valence-electron chi connectivity index (χ2n) is 9.23. The molecule has 2 unspecified atom stereocenters.